The number of aldehydes is 1. The summed E-state index contributed by atoms with van der Waals surface area (Å²) in [7, 11) is 7.36. The smallest absolute Gasteiger partial charge is 0.211 e. The predicted molar refractivity (Wildman–Crippen MR) is 205 cm³/mol. The first-order valence-corrected chi connectivity index (χ1v) is 22.1. The van der Waals surface area contributed by atoms with E-state index in [0.29, 0.717) is 0 Å². The summed E-state index contributed by atoms with van der Waals surface area (Å²) in [5.74, 6) is -0.926. The fraction of sp³-hybridized carbons (Fsp3) is 0.917. The first-order valence-electron chi connectivity index (χ1n) is 19.3. The number of nitrogens with two attached hydrogens (primary N) is 1. The van der Waals surface area contributed by atoms with Crippen LogP contribution in [0.25, 0.3) is 0 Å². The zero-order valence-corrected chi connectivity index (χ0v) is 38.1. The largest absolute Gasteiger partial charge is 0.411 e. The van der Waals surface area contributed by atoms with Gasteiger partial charge in [-0.3, -0.25) is 0 Å². The lowest BCUT2D eigenvalue weighted by Crippen LogP contribution is -2.55. The van der Waals surface area contributed by atoms with Crippen molar-refractivity contribution in [3.63, 3.8) is 0 Å². The summed E-state index contributed by atoms with van der Waals surface area (Å²) in [5, 5.41) is 27.4. The molecular weight excluding hydrogens is 881 g/mol. The molecule has 61 heavy (non-hydrogen) atoms. The molecule has 15 atom stereocenters. The topological polar surface area (TPSA) is 275 Å². The molecule has 9 rings (SSSR count). The summed E-state index contributed by atoms with van der Waals surface area (Å²) in [6.07, 6.45) is -5.01. The van der Waals surface area contributed by atoms with Crippen molar-refractivity contribution in [1.82, 2.24) is 0 Å². The third-order valence-electron chi connectivity index (χ3n) is 10.0. The Balaban J connectivity index is 0.000000162. The third kappa shape index (κ3) is 11.9. The number of carbonyl (C=O) groups excluding carboxylic acids is 1. The van der Waals surface area contributed by atoms with E-state index in [1.165, 1.54) is 6.21 Å². The van der Waals surface area contributed by atoms with Crippen molar-refractivity contribution in [2.24, 2.45) is 11.1 Å². The van der Waals surface area contributed by atoms with Gasteiger partial charge in [0.15, 0.2) is 66.0 Å². The molecule has 9 heterocycles. The maximum absolute atomic E-state index is 11.1. The second-order valence-electron chi connectivity index (χ2n) is 17.6. The molecule has 350 valence electrons. The first-order chi connectivity index (χ1) is 28.2. The van der Waals surface area contributed by atoms with Gasteiger partial charge in [-0.25, -0.2) is 10.1 Å². The number of fused-ring (bicyclic) bond motifs is 9. The zero-order valence-electron chi connectivity index (χ0n) is 35.8. The van der Waals surface area contributed by atoms with Crippen molar-refractivity contribution in [1.29, 1.82) is 5.26 Å². The van der Waals surface area contributed by atoms with Crippen LogP contribution in [-0.2, 0) is 85.1 Å². The van der Waals surface area contributed by atoms with E-state index in [0.717, 1.165) is 6.29 Å². The lowest BCUT2D eigenvalue weighted by atomic mass is 10.00. The van der Waals surface area contributed by atoms with Gasteiger partial charge in [0, 0.05) is 21.4 Å². The van der Waals surface area contributed by atoms with E-state index in [1.54, 1.807) is 13.8 Å². The third-order valence-corrected chi connectivity index (χ3v) is 10.0. The van der Waals surface area contributed by atoms with E-state index >= 15 is 0 Å². The summed E-state index contributed by atoms with van der Waals surface area (Å²) in [4.78, 5) is 11.1. The van der Waals surface area contributed by atoms with Crippen LogP contribution in [0.5, 0.6) is 0 Å². The van der Waals surface area contributed by atoms with E-state index < -0.39 is 93.3 Å². The average molecular weight is 939 g/mol. The summed E-state index contributed by atoms with van der Waals surface area (Å²) < 4.78 is 95.1. The molecular formula is C36H57Cl2N3O19S. The Kier molecular flexibility index (Phi) is 15.7. The molecule has 0 unspecified atom stereocenters. The molecule has 9 aliphatic heterocycles. The number of carbonyl (C=O) groups is 1. The van der Waals surface area contributed by atoms with Crippen molar-refractivity contribution in [2.45, 2.75) is 210 Å². The highest BCUT2D eigenvalue weighted by Crippen LogP contribution is 2.46. The minimum absolute atomic E-state index is 0.321. The highest BCUT2D eigenvalue weighted by molar-refractivity contribution is 8.26. The van der Waals surface area contributed by atoms with Gasteiger partial charge in [0.25, 0.3) is 0 Å². The molecule has 0 spiro atoms. The van der Waals surface area contributed by atoms with Crippen LogP contribution in [0.15, 0.2) is 5.16 Å². The molecule has 0 aromatic heterocycles. The minimum Gasteiger partial charge on any atom is -0.411 e. The second-order valence-corrected chi connectivity index (χ2v) is 20.1. The van der Waals surface area contributed by atoms with Gasteiger partial charge in [-0.15, -0.1) is 0 Å². The highest BCUT2D eigenvalue weighted by atomic mass is 36.0. The Morgan fingerprint density at radius 1 is 0.525 bits per heavy atom. The Bertz CT molecular complexity index is 1630. The van der Waals surface area contributed by atoms with Crippen LogP contribution >= 0.6 is 21.4 Å². The predicted octanol–water partition coefficient (Wildman–Crippen LogP) is 2.71. The number of hydrogen-bond acceptors (Lipinski definition) is 22. The Labute approximate surface area is 364 Å². The number of oxime groups is 1. The van der Waals surface area contributed by atoms with E-state index in [1.807, 2.05) is 69.2 Å². The molecule has 0 bridgehead atoms. The molecule has 0 saturated carbocycles. The Hall–Kier alpha value is -1.32. The van der Waals surface area contributed by atoms with Crippen LogP contribution < -0.4 is 5.90 Å². The summed E-state index contributed by atoms with van der Waals surface area (Å²) in [6, 6.07) is 2.09. The number of nitriles is 1. The molecule has 4 N–H and O–H groups in total. The van der Waals surface area contributed by atoms with E-state index in [4.69, 9.17) is 90.9 Å². The molecule has 0 radical (unpaired) electrons. The number of nitrogens with zero attached hydrogens (tertiary/aromatic N) is 2. The van der Waals surface area contributed by atoms with Gasteiger partial charge in [-0.2, -0.15) is 5.26 Å². The number of halogens is 2. The highest BCUT2D eigenvalue weighted by Gasteiger charge is 2.63. The first kappa shape index (κ1) is 50.7. The van der Waals surface area contributed by atoms with Crippen LogP contribution in [0.1, 0.15) is 83.1 Å². The maximum Gasteiger partial charge on any atom is 0.211 e. The number of rotatable bonds is 2. The lowest BCUT2D eigenvalue weighted by Gasteiger charge is -2.35. The van der Waals surface area contributed by atoms with Crippen LogP contribution in [0.2, 0.25) is 0 Å². The van der Waals surface area contributed by atoms with Gasteiger partial charge in [-0.1, -0.05) is 5.16 Å². The fourth-order valence-electron chi connectivity index (χ4n) is 8.30. The van der Waals surface area contributed by atoms with Crippen molar-refractivity contribution in [3.05, 3.63) is 0 Å². The Morgan fingerprint density at radius 2 is 0.803 bits per heavy atom. The fourth-order valence-corrected chi connectivity index (χ4v) is 8.30. The molecule has 0 amide bonds. The van der Waals surface area contributed by atoms with Gasteiger partial charge in [0.1, 0.15) is 67.1 Å². The van der Waals surface area contributed by atoms with Crippen molar-refractivity contribution in [2.75, 3.05) is 0 Å². The molecule has 0 aromatic rings. The summed E-state index contributed by atoms with van der Waals surface area (Å²) in [6.45, 7) is 21.8. The number of ether oxygens (including phenoxy) is 15. The zero-order chi connectivity index (χ0) is 45.7. The lowest BCUT2D eigenvalue weighted by molar-refractivity contribution is -0.226. The Morgan fingerprint density at radius 3 is 1.16 bits per heavy atom. The van der Waals surface area contributed by atoms with Crippen LogP contribution in [0.4, 0.5) is 0 Å². The molecule has 25 heteroatoms. The SMILES string of the molecule is CC1(C)O[C@@H]2O[C@@H](C#N)[C@H]3OC(C)(C)O[C@H]3[C@@H]2O1.CC1(C)O[C@@H]2O[C@@H](C=NO)[C@H]3OC(C)(C)O[C@H]3[C@@H]2O1.CC1(C)O[C@@H]2O[C@@H](C=O)[C@H]3OC(C)(C)O[C@H]3[C@@H]2O1.NO.O=S(Cl)Cl. The molecule has 0 aromatic carbocycles. The molecule has 9 saturated heterocycles. The molecule has 0 aliphatic carbocycles. The van der Waals surface area contributed by atoms with Crippen LogP contribution in [0.3, 0.4) is 0 Å². The molecule has 22 nitrogen and oxygen atoms in total. The molecule has 9 aliphatic rings. The van der Waals surface area contributed by atoms with Gasteiger partial charge >= 0.3 is 0 Å². The van der Waals surface area contributed by atoms with Gasteiger partial charge < -0.3 is 86.3 Å². The molecule has 9 fully saturated rings. The van der Waals surface area contributed by atoms with Crippen molar-refractivity contribution in [3.8, 4) is 6.07 Å². The average Bonchev–Trinajstić information content (AvgIpc) is 3.94. The summed E-state index contributed by atoms with van der Waals surface area (Å²) in [5.41, 5.74) is 0. The monoisotopic (exact) mass is 937 g/mol. The minimum atomic E-state index is -1.67. The van der Waals surface area contributed by atoms with E-state index in [9.17, 15) is 4.79 Å². The van der Waals surface area contributed by atoms with Gasteiger partial charge in [0.05, 0.1) is 12.3 Å². The van der Waals surface area contributed by atoms with Crippen molar-refractivity contribution >= 4 is 43.1 Å². The normalized spacial score (nSPS) is 44.0. The second kappa shape index (κ2) is 18.9. The number of hydrogen-bond donors (Lipinski definition) is 3. The van der Waals surface area contributed by atoms with Gasteiger partial charge in [-0.05, 0) is 83.1 Å². The van der Waals surface area contributed by atoms with Crippen LogP contribution in [0, 0.1) is 11.3 Å². The standard InChI is InChI=1S/C12H19NO6.C12H17NO5.C12H18O6.Cl2OS.H3NO/c1-11(2)16-7-6(5-13-14)15-10-9(8(7)17-11)18-12(3,4)19-10;2*1-11(2)15-7-6(5-13)14-10-9(8(7)16-11)17-12(3,4)18-10;1-4(2)3;1-2/h5-10,14H,1-4H3;6-10H,1-4H3;5-10H,1-4H3;;2H,1H2/t3*6-,7+,8+,9-,10-;;/m000../s1. The quantitative estimate of drug-likeness (QED) is 0.118. The van der Waals surface area contributed by atoms with E-state index in [2.05, 4.69) is 38.5 Å². The van der Waals surface area contributed by atoms with Crippen molar-refractivity contribution < 1.29 is 90.5 Å². The van der Waals surface area contributed by atoms with E-state index in [-0.39, 0.29) is 42.7 Å². The van der Waals surface area contributed by atoms with Crippen LogP contribution in [-0.4, -0.2) is 154 Å². The van der Waals surface area contributed by atoms with Gasteiger partial charge in [0.2, 0.25) is 9.23 Å². The summed E-state index contributed by atoms with van der Waals surface area (Å²) >= 11 is 0. The maximum atomic E-state index is 11.1.